The lowest BCUT2D eigenvalue weighted by atomic mass is 9.94. The summed E-state index contributed by atoms with van der Waals surface area (Å²) in [6, 6.07) is -0.978. The maximum absolute atomic E-state index is 9.29. The molecule has 1 unspecified atom stereocenters. The summed E-state index contributed by atoms with van der Waals surface area (Å²) in [5.41, 5.74) is 0. The topological polar surface area (TPSA) is 130 Å². The Hall–Kier alpha value is -0.280. The molecule has 0 aromatic carbocycles. The van der Waals surface area contributed by atoms with Crippen LogP contribution in [-0.4, -0.2) is 67.7 Å². The van der Waals surface area contributed by atoms with Crippen LogP contribution in [0.1, 0.15) is 0 Å². The van der Waals surface area contributed by atoms with Crippen LogP contribution in [0.15, 0.2) is 0 Å². The predicted octanol–water partition coefficient (Wildman–Crippen LogP) is -4.06. The molecule has 0 bridgehead atoms. The Balaban J connectivity index is 2.79. The minimum Gasteiger partial charge on any atom is -0.395 e. The third kappa shape index (κ3) is 1.67. The van der Waals surface area contributed by atoms with Crippen LogP contribution in [0.3, 0.4) is 0 Å². The standard InChI is InChI=1S/C6H14N2O5/c7-8-2(1-9)3(10)4(11)5(12)6(8)13/h2-6,9-13H,1,7H2/t2-,3-,4+,5-,6?/m1/s1. The molecule has 0 aromatic rings. The lowest BCUT2D eigenvalue weighted by Crippen LogP contribution is -2.69. The molecule has 78 valence electrons. The van der Waals surface area contributed by atoms with E-state index in [0.717, 1.165) is 5.01 Å². The van der Waals surface area contributed by atoms with Crippen LogP contribution in [0, 0.1) is 0 Å². The molecule has 0 spiro atoms. The van der Waals surface area contributed by atoms with E-state index in [1.807, 2.05) is 0 Å². The fourth-order valence-corrected chi connectivity index (χ4v) is 1.36. The molecule has 0 radical (unpaired) electrons. The van der Waals surface area contributed by atoms with E-state index in [4.69, 9.17) is 16.1 Å². The highest BCUT2D eigenvalue weighted by molar-refractivity contribution is 4.94. The second-order valence-electron chi connectivity index (χ2n) is 3.08. The van der Waals surface area contributed by atoms with Crippen molar-refractivity contribution in [1.29, 1.82) is 0 Å². The van der Waals surface area contributed by atoms with Gasteiger partial charge in [-0.15, -0.1) is 0 Å². The van der Waals surface area contributed by atoms with Gasteiger partial charge in [0.2, 0.25) is 0 Å². The first-order valence-electron chi connectivity index (χ1n) is 3.87. The van der Waals surface area contributed by atoms with E-state index >= 15 is 0 Å². The van der Waals surface area contributed by atoms with Gasteiger partial charge < -0.3 is 25.5 Å². The van der Waals surface area contributed by atoms with Gasteiger partial charge in [0.1, 0.15) is 24.5 Å². The number of hydrogen-bond acceptors (Lipinski definition) is 7. The summed E-state index contributed by atoms with van der Waals surface area (Å²) in [4.78, 5) is 0. The number of piperidine rings is 1. The summed E-state index contributed by atoms with van der Waals surface area (Å²) in [5.74, 6) is 5.27. The van der Waals surface area contributed by atoms with Gasteiger partial charge in [-0.3, -0.25) is 5.84 Å². The van der Waals surface area contributed by atoms with Gasteiger partial charge in [0, 0.05) is 0 Å². The normalized spacial score (nSPS) is 48.0. The van der Waals surface area contributed by atoms with Crippen molar-refractivity contribution in [3.05, 3.63) is 0 Å². The summed E-state index contributed by atoms with van der Waals surface area (Å²) in [6.07, 6.45) is -5.92. The van der Waals surface area contributed by atoms with Crippen LogP contribution in [0.25, 0.3) is 0 Å². The minimum absolute atomic E-state index is 0.515. The van der Waals surface area contributed by atoms with E-state index in [2.05, 4.69) is 0 Å². The smallest absolute Gasteiger partial charge is 0.148 e. The Morgan fingerprint density at radius 3 is 2.00 bits per heavy atom. The van der Waals surface area contributed by atoms with Crippen molar-refractivity contribution in [1.82, 2.24) is 5.01 Å². The predicted molar refractivity (Wildman–Crippen MR) is 40.9 cm³/mol. The highest BCUT2D eigenvalue weighted by Gasteiger charge is 2.45. The van der Waals surface area contributed by atoms with Crippen molar-refractivity contribution in [2.24, 2.45) is 5.84 Å². The van der Waals surface area contributed by atoms with Gasteiger partial charge in [0.05, 0.1) is 12.6 Å². The number of hydrazine groups is 1. The maximum atomic E-state index is 9.29. The lowest BCUT2D eigenvalue weighted by Gasteiger charge is -2.43. The van der Waals surface area contributed by atoms with Gasteiger partial charge in [-0.25, -0.2) is 5.01 Å². The Kier molecular flexibility index (Phi) is 3.19. The summed E-state index contributed by atoms with van der Waals surface area (Å²) >= 11 is 0. The lowest BCUT2D eigenvalue weighted by molar-refractivity contribution is -0.223. The van der Waals surface area contributed by atoms with Crippen LogP contribution in [0.4, 0.5) is 0 Å². The molecule has 1 aliphatic heterocycles. The molecule has 0 aromatic heterocycles. The number of hydrogen-bond donors (Lipinski definition) is 6. The maximum Gasteiger partial charge on any atom is 0.148 e. The molecule has 0 aliphatic carbocycles. The zero-order valence-electron chi connectivity index (χ0n) is 6.85. The third-order valence-electron chi connectivity index (χ3n) is 2.27. The van der Waals surface area contributed by atoms with Crippen LogP contribution in [0.2, 0.25) is 0 Å². The highest BCUT2D eigenvalue weighted by atomic mass is 16.4. The zero-order valence-corrected chi connectivity index (χ0v) is 6.85. The van der Waals surface area contributed by atoms with Crippen LogP contribution in [0.5, 0.6) is 0 Å². The Bertz CT molecular complexity index is 164. The Morgan fingerprint density at radius 1 is 1.00 bits per heavy atom. The van der Waals surface area contributed by atoms with Gasteiger partial charge in [-0.05, 0) is 0 Å². The van der Waals surface area contributed by atoms with Crippen molar-refractivity contribution in [3.63, 3.8) is 0 Å². The molecule has 7 N–H and O–H groups in total. The van der Waals surface area contributed by atoms with Gasteiger partial charge in [-0.1, -0.05) is 0 Å². The molecular formula is C6H14N2O5. The van der Waals surface area contributed by atoms with Gasteiger partial charge in [0.15, 0.2) is 0 Å². The molecular weight excluding hydrogens is 180 g/mol. The van der Waals surface area contributed by atoms with E-state index in [1.165, 1.54) is 0 Å². The van der Waals surface area contributed by atoms with E-state index < -0.39 is 37.2 Å². The first-order valence-corrected chi connectivity index (χ1v) is 3.87. The molecule has 1 heterocycles. The quantitative estimate of drug-likeness (QED) is 0.234. The molecule has 7 heteroatoms. The highest BCUT2D eigenvalue weighted by Crippen LogP contribution is 2.19. The zero-order chi connectivity index (χ0) is 10.2. The van der Waals surface area contributed by atoms with E-state index in [9.17, 15) is 15.3 Å². The summed E-state index contributed by atoms with van der Waals surface area (Å²) < 4.78 is 0. The van der Waals surface area contributed by atoms with E-state index in [0.29, 0.717) is 0 Å². The van der Waals surface area contributed by atoms with Crippen molar-refractivity contribution < 1.29 is 25.5 Å². The largest absolute Gasteiger partial charge is 0.395 e. The number of rotatable bonds is 1. The first-order chi connectivity index (χ1) is 6.00. The number of nitrogens with zero attached hydrogens (tertiary/aromatic N) is 1. The van der Waals surface area contributed by atoms with Crippen molar-refractivity contribution in [3.8, 4) is 0 Å². The summed E-state index contributed by atoms with van der Waals surface area (Å²) in [6.45, 7) is -0.515. The molecule has 1 rings (SSSR count). The van der Waals surface area contributed by atoms with Gasteiger partial charge >= 0.3 is 0 Å². The number of nitrogens with two attached hydrogens (primary N) is 1. The molecule has 1 aliphatic rings. The molecule has 7 nitrogen and oxygen atoms in total. The summed E-state index contributed by atoms with van der Waals surface area (Å²) in [5, 5.41) is 46.3. The Morgan fingerprint density at radius 2 is 1.54 bits per heavy atom. The molecule has 1 fully saturated rings. The second kappa shape index (κ2) is 3.84. The van der Waals surface area contributed by atoms with Crippen molar-refractivity contribution >= 4 is 0 Å². The van der Waals surface area contributed by atoms with E-state index in [-0.39, 0.29) is 0 Å². The van der Waals surface area contributed by atoms with Gasteiger partial charge in [-0.2, -0.15) is 0 Å². The minimum atomic E-state index is -1.54. The molecule has 0 saturated carbocycles. The SMILES string of the molecule is NN1C(O)[C@H](O)[C@@H](O)[C@H](O)[C@H]1CO. The third-order valence-corrected chi connectivity index (χ3v) is 2.27. The average molecular weight is 194 g/mol. The van der Waals surface area contributed by atoms with Crippen molar-refractivity contribution in [2.75, 3.05) is 6.61 Å². The van der Waals surface area contributed by atoms with Gasteiger partial charge in [0.25, 0.3) is 0 Å². The van der Waals surface area contributed by atoms with Crippen LogP contribution >= 0.6 is 0 Å². The molecule has 1 saturated heterocycles. The monoisotopic (exact) mass is 194 g/mol. The van der Waals surface area contributed by atoms with E-state index in [1.54, 1.807) is 0 Å². The van der Waals surface area contributed by atoms with Crippen LogP contribution in [-0.2, 0) is 0 Å². The Labute approximate surface area is 74.6 Å². The molecule has 0 amide bonds. The first kappa shape index (κ1) is 10.8. The fraction of sp³-hybridized carbons (Fsp3) is 1.00. The summed E-state index contributed by atoms with van der Waals surface area (Å²) in [7, 11) is 0. The van der Waals surface area contributed by atoms with Crippen molar-refractivity contribution in [2.45, 2.75) is 30.6 Å². The fourth-order valence-electron chi connectivity index (χ4n) is 1.36. The number of aliphatic hydroxyl groups is 5. The molecule has 13 heavy (non-hydrogen) atoms. The second-order valence-corrected chi connectivity index (χ2v) is 3.08. The number of aliphatic hydroxyl groups excluding tert-OH is 5. The average Bonchev–Trinajstić information content (AvgIpc) is 2.13. The molecule has 5 atom stereocenters. The van der Waals surface area contributed by atoms with Crippen LogP contribution < -0.4 is 5.84 Å².